The van der Waals surface area contributed by atoms with Crippen molar-refractivity contribution < 1.29 is 9.18 Å². The summed E-state index contributed by atoms with van der Waals surface area (Å²) < 4.78 is 15.6. The van der Waals surface area contributed by atoms with Gasteiger partial charge in [0.2, 0.25) is 0 Å². The van der Waals surface area contributed by atoms with Gasteiger partial charge in [0.15, 0.2) is 5.82 Å². The minimum Gasteiger partial charge on any atom is -0.372 e. The van der Waals surface area contributed by atoms with Crippen LogP contribution in [0.25, 0.3) is 33.3 Å². The number of H-pyrrole nitrogens is 1. The van der Waals surface area contributed by atoms with Crippen molar-refractivity contribution in [2.24, 2.45) is 0 Å². The average Bonchev–Trinajstić information content (AvgIpc) is 3.31. The molecule has 0 atom stereocenters. The van der Waals surface area contributed by atoms with Gasteiger partial charge in [0.05, 0.1) is 11.2 Å². The highest BCUT2D eigenvalue weighted by Gasteiger charge is 2.25. The molecule has 5 rings (SSSR count). The standard InChI is InChI=1S/C28H27FN2O/c1-4-31(5-2)21-9-7-19(8-10-21)22-12-13-24-25-16-20-15-18(14-17(3)32)6-11-23(20)27(25)30-28(24)26(22)29/h6-13,15,30H,4-5,14,16H2,1-3H3. The van der Waals surface area contributed by atoms with Crippen LogP contribution >= 0.6 is 0 Å². The Labute approximate surface area is 187 Å². The van der Waals surface area contributed by atoms with Crippen LogP contribution in [0.2, 0.25) is 0 Å². The van der Waals surface area contributed by atoms with Gasteiger partial charge in [-0.25, -0.2) is 4.39 Å². The second kappa shape index (κ2) is 7.94. The minimum atomic E-state index is -0.206. The molecule has 3 aromatic carbocycles. The molecule has 32 heavy (non-hydrogen) atoms. The molecule has 0 fully saturated rings. The number of aromatic nitrogens is 1. The number of aromatic amines is 1. The number of anilines is 1. The van der Waals surface area contributed by atoms with E-state index in [1.165, 1.54) is 5.56 Å². The number of ketones is 1. The number of carbonyl (C=O) groups is 1. The summed E-state index contributed by atoms with van der Waals surface area (Å²) in [6.45, 7) is 7.78. The van der Waals surface area contributed by atoms with Crippen LogP contribution in [0.1, 0.15) is 37.5 Å². The number of benzene rings is 3. The van der Waals surface area contributed by atoms with Crippen LogP contribution in [0.5, 0.6) is 0 Å². The molecule has 0 unspecified atom stereocenters. The van der Waals surface area contributed by atoms with E-state index in [-0.39, 0.29) is 11.6 Å². The summed E-state index contributed by atoms with van der Waals surface area (Å²) in [6, 6.07) is 18.2. The maximum Gasteiger partial charge on any atom is 0.155 e. The van der Waals surface area contributed by atoms with Crippen molar-refractivity contribution in [1.82, 2.24) is 4.98 Å². The van der Waals surface area contributed by atoms with E-state index in [1.807, 2.05) is 30.3 Å². The van der Waals surface area contributed by atoms with Gasteiger partial charge in [-0.15, -0.1) is 0 Å². The molecule has 1 aliphatic rings. The largest absolute Gasteiger partial charge is 0.372 e. The number of Topliss-reactive ketones (excluding diaryl/α,β-unsaturated/α-hetero) is 1. The number of fused-ring (bicyclic) bond motifs is 5. The molecule has 1 aliphatic carbocycles. The van der Waals surface area contributed by atoms with E-state index in [9.17, 15) is 4.79 Å². The van der Waals surface area contributed by atoms with Crippen LogP contribution in [0.3, 0.4) is 0 Å². The fourth-order valence-electron chi connectivity index (χ4n) is 4.99. The average molecular weight is 427 g/mol. The molecule has 1 heterocycles. The molecule has 162 valence electrons. The van der Waals surface area contributed by atoms with Crippen LogP contribution in [-0.4, -0.2) is 23.9 Å². The van der Waals surface area contributed by atoms with E-state index >= 15 is 4.39 Å². The Morgan fingerprint density at radius 3 is 2.41 bits per heavy atom. The van der Waals surface area contributed by atoms with E-state index in [1.54, 1.807) is 6.92 Å². The Kier molecular flexibility index (Phi) is 5.09. The summed E-state index contributed by atoms with van der Waals surface area (Å²) >= 11 is 0. The maximum absolute atomic E-state index is 15.6. The molecule has 0 spiro atoms. The number of rotatable bonds is 6. The van der Waals surface area contributed by atoms with Gasteiger partial charge in [0.1, 0.15) is 5.78 Å². The summed E-state index contributed by atoms with van der Waals surface area (Å²) in [6.07, 6.45) is 1.21. The first-order valence-corrected chi connectivity index (χ1v) is 11.3. The van der Waals surface area contributed by atoms with E-state index in [4.69, 9.17) is 0 Å². The van der Waals surface area contributed by atoms with Crippen LogP contribution in [0, 0.1) is 5.82 Å². The lowest BCUT2D eigenvalue weighted by molar-refractivity contribution is -0.116. The van der Waals surface area contributed by atoms with E-state index in [2.05, 4.69) is 48.0 Å². The normalized spacial score (nSPS) is 12.1. The lowest BCUT2D eigenvalue weighted by Crippen LogP contribution is -2.21. The molecule has 0 amide bonds. The lowest BCUT2D eigenvalue weighted by Gasteiger charge is -2.21. The topological polar surface area (TPSA) is 36.1 Å². The van der Waals surface area contributed by atoms with Gasteiger partial charge < -0.3 is 9.88 Å². The zero-order chi connectivity index (χ0) is 22.4. The van der Waals surface area contributed by atoms with E-state index in [0.29, 0.717) is 17.5 Å². The Balaban J connectivity index is 1.53. The monoisotopic (exact) mass is 426 g/mol. The Hall–Kier alpha value is -3.40. The second-order valence-electron chi connectivity index (χ2n) is 8.59. The predicted molar refractivity (Wildman–Crippen MR) is 130 cm³/mol. The molecule has 0 saturated heterocycles. The number of nitrogens with one attached hydrogen (secondary N) is 1. The Bertz CT molecular complexity index is 1330. The summed E-state index contributed by atoms with van der Waals surface area (Å²) in [5.74, 6) is -0.0473. The SMILES string of the molecule is CCN(CC)c1ccc(-c2ccc3c4c([nH]c3c2F)-c2ccc(CC(C)=O)cc2C4)cc1. The van der Waals surface area contributed by atoms with Gasteiger partial charge in [-0.3, -0.25) is 4.79 Å². The molecule has 4 heteroatoms. The molecule has 0 aliphatic heterocycles. The van der Waals surface area contributed by atoms with Gasteiger partial charge in [0.25, 0.3) is 0 Å². The van der Waals surface area contributed by atoms with Crippen molar-refractivity contribution in [3.63, 3.8) is 0 Å². The third-order valence-corrected chi connectivity index (χ3v) is 6.59. The second-order valence-corrected chi connectivity index (χ2v) is 8.59. The quantitative estimate of drug-likeness (QED) is 0.335. The predicted octanol–water partition coefficient (Wildman–Crippen LogP) is 6.52. The van der Waals surface area contributed by atoms with Gasteiger partial charge in [-0.2, -0.15) is 0 Å². The molecule has 0 saturated carbocycles. The van der Waals surface area contributed by atoms with E-state index in [0.717, 1.165) is 58.5 Å². The molecule has 0 bridgehead atoms. The number of hydrogen-bond donors (Lipinski definition) is 1. The van der Waals surface area contributed by atoms with Gasteiger partial charge in [-0.05, 0) is 55.2 Å². The van der Waals surface area contributed by atoms with Gasteiger partial charge in [-0.1, -0.05) is 42.5 Å². The van der Waals surface area contributed by atoms with Gasteiger partial charge >= 0.3 is 0 Å². The first kappa shape index (κ1) is 20.5. The Morgan fingerprint density at radius 2 is 1.72 bits per heavy atom. The molecule has 1 N–H and O–H groups in total. The number of hydrogen-bond acceptors (Lipinski definition) is 2. The third kappa shape index (κ3) is 3.31. The summed E-state index contributed by atoms with van der Waals surface area (Å²) in [7, 11) is 0. The van der Waals surface area contributed by atoms with Crippen molar-refractivity contribution >= 4 is 22.4 Å². The molecule has 4 aromatic rings. The lowest BCUT2D eigenvalue weighted by atomic mass is 10.0. The Morgan fingerprint density at radius 1 is 1.00 bits per heavy atom. The summed E-state index contributed by atoms with van der Waals surface area (Å²) in [4.78, 5) is 17.1. The fraction of sp³-hybridized carbons (Fsp3) is 0.250. The highest BCUT2D eigenvalue weighted by atomic mass is 19.1. The number of carbonyl (C=O) groups excluding carboxylic acids is 1. The maximum atomic E-state index is 15.6. The zero-order valence-corrected chi connectivity index (χ0v) is 18.8. The van der Waals surface area contributed by atoms with Crippen molar-refractivity contribution in [1.29, 1.82) is 0 Å². The van der Waals surface area contributed by atoms with Crippen molar-refractivity contribution in [3.8, 4) is 22.4 Å². The molecule has 3 nitrogen and oxygen atoms in total. The van der Waals surface area contributed by atoms with Crippen molar-refractivity contribution in [2.45, 2.75) is 33.6 Å². The van der Waals surface area contributed by atoms with Crippen LogP contribution in [-0.2, 0) is 17.6 Å². The highest BCUT2D eigenvalue weighted by molar-refractivity contribution is 5.97. The summed E-state index contributed by atoms with van der Waals surface area (Å²) in [5.41, 5.74) is 8.68. The van der Waals surface area contributed by atoms with Crippen LogP contribution < -0.4 is 4.90 Å². The highest BCUT2D eigenvalue weighted by Crippen LogP contribution is 2.42. The fourth-order valence-corrected chi connectivity index (χ4v) is 4.99. The molecule has 0 radical (unpaired) electrons. The molecular formula is C28H27FN2O. The molecular weight excluding hydrogens is 399 g/mol. The zero-order valence-electron chi connectivity index (χ0n) is 18.8. The number of nitrogens with zero attached hydrogens (tertiary/aromatic N) is 1. The first-order chi connectivity index (χ1) is 15.5. The van der Waals surface area contributed by atoms with Crippen LogP contribution in [0.15, 0.2) is 54.6 Å². The summed E-state index contributed by atoms with van der Waals surface area (Å²) in [5, 5.41) is 0.935. The molecule has 1 aromatic heterocycles. The van der Waals surface area contributed by atoms with Crippen LogP contribution in [0.4, 0.5) is 10.1 Å². The van der Waals surface area contributed by atoms with Gasteiger partial charge in [0, 0.05) is 48.1 Å². The smallest absolute Gasteiger partial charge is 0.155 e. The van der Waals surface area contributed by atoms with E-state index < -0.39 is 0 Å². The van der Waals surface area contributed by atoms with Crippen molar-refractivity contribution in [3.05, 3.63) is 77.1 Å². The first-order valence-electron chi connectivity index (χ1n) is 11.3. The number of halogens is 1. The van der Waals surface area contributed by atoms with Crippen molar-refractivity contribution in [2.75, 3.05) is 18.0 Å². The third-order valence-electron chi connectivity index (χ3n) is 6.59. The minimum absolute atomic E-state index is 0.159.